The summed E-state index contributed by atoms with van der Waals surface area (Å²) in [6.45, 7) is 8.40. The standard InChI is InChI=1S/C20H38N4O/c1-2-7-18(8-3-1)23-14-12-22(13-15-23)10-6-16-25-20-17-19-9-4-5-11-24(19)21-20/h18-21H,1-17H2. The van der Waals surface area contributed by atoms with Gasteiger partial charge in [-0.1, -0.05) is 25.7 Å². The molecule has 25 heavy (non-hydrogen) atoms. The zero-order chi connectivity index (χ0) is 16.9. The molecule has 5 heteroatoms. The van der Waals surface area contributed by atoms with E-state index in [0.29, 0.717) is 0 Å². The van der Waals surface area contributed by atoms with E-state index >= 15 is 0 Å². The average molecular weight is 351 g/mol. The van der Waals surface area contributed by atoms with Crippen LogP contribution in [0.15, 0.2) is 0 Å². The monoisotopic (exact) mass is 350 g/mol. The predicted octanol–water partition coefficient (Wildman–Crippen LogP) is 2.43. The van der Waals surface area contributed by atoms with E-state index in [-0.39, 0.29) is 6.23 Å². The van der Waals surface area contributed by atoms with Crippen molar-refractivity contribution in [2.24, 2.45) is 0 Å². The molecule has 4 rings (SSSR count). The number of nitrogens with one attached hydrogen (secondary N) is 1. The molecule has 2 atom stereocenters. The molecule has 3 heterocycles. The van der Waals surface area contributed by atoms with Gasteiger partial charge < -0.3 is 9.64 Å². The van der Waals surface area contributed by atoms with Crippen molar-refractivity contribution >= 4 is 0 Å². The molecule has 2 unspecified atom stereocenters. The van der Waals surface area contributed by atoms with Crippen LogP contribution in [0.25, 0.3) is 0 Å². The quantitative estimate of drug-likeness (QED) is 0.744. The van der Waals surface area contributed by atoms with E-state index in [1.807, 2.05) is 0 Å². The lowest BCUT2D eigenvalue weighted by Crippen LogP contribution is -2.51. The summed E-state index contributed by atoms with van der Waals surface area (Å²) in [6.07, 6.45) is 14.0. The molecule has 0 bridgehead atoms. The van der Waals surface area contributed by atoms with Crippen molar-refractivity contribution in [3.05, 3.63) is 0 Å². The minimum atomic E-state index is 0.270. The number of hydrogen-bond donors (Lipinski definition) is 1. The summed E-state index contributed by atoms with van der Waals surface area (Å²) in [5.74, 6) is 0. The summed E-state index contributed by atoms with van der Waals surface area (Å²) in [7, 11) is 0. The van der Waals surface area contributed by atoms with E-state index < -0.39 is 0 Å². The van der Waals surface area contributed by atoms with Gasteiger partial charge in [0, 0.05) is 64.4 Å². The summed E-state index contributed by atoms with van der Waals surface area (Å²) in [6, 6.07) is 1.62. The summed E-state index contributed by atoms with van der Waals surface area (Å²) in [5.41, 5.74) is 3.56. The molecule has 1 aliphatic carbocycles. The maximum Gasteiger partial charge on any atom is 0.122 e. The molecule has 4 fully saturated rings. The summed E-state index contributed by atoms with van der Waals surface area (Å²) in [5, 5.41) is 2.43. The molecule has 0 aromatic carbocycles. The first-order valence-electron chi connectivity index (χ1n) is 11.0. The second kappa shape index (κ2) is 9.14. The third-order valence-electron chi connectivity index (χ3n) is 6.86. The van der Waals surface area contributed by atoms with Crippen molar-refractivity contribution in [3.63, 3.8) is 0 Å². The van der Waals surface area contributed by atoms with Crippen LogP contribution < -0.4 is 5.43 Å². The molecule has 0 radical (unpaired) electrons. The van der Waals surface area contributed by atoms with Crippen molar-refractivity contribution in [2.75, 3.05) is 45.9 Å². The first-order valence-corrected chi connectivity index (χ1v) is 11.0. The van der Waals surface area contributed by atoms with Gasteiger partial charge in [0.15, 0.2) is 0 Å². The van der Waals surface area contributed by atoms with E-state index in [2.05, 4.69) is 20.2 Å². The molecule has 0 aromatic heterocycles. The Morgan fingerprint density at radius 2 is 1.56 bits per heavy atom. The Balaban J connectivity index is 1.07. The third kappa shape index (κ3) is 4.95. The van der Waals surface area contributed by atoms with Gasteiger partial charge in [-0.25, -0.2) is 10.4 Å². The molecule has 0 spiro atoms. The van der Waals surface area contributed by atoms with Crippen LogP contribution in [-0.2, 0) is 4.74 Å². The molecule has 3 saturated heterocycles. The second-order valence-corrected chi connectivity index (χ2v) is 8.59. The van der Waals surface area contributed by atoms with Crippen LogP contribution in [0, 0.1) is 0 Å². The van der Waals surface area contributed by atoms with Crippen LogP contribution in [0.1, 0.15) is 64.2 Å². The topological polar surface area (TPSA) is 31.0 Å². The number of piperazine rings is 1. The Kier molecular flexibility index (Phi) is 6.64. The molecule has 3 aliphatic heterocycles. The first-order chi connectivity index (χ1) is 12.4. The molecule has 0 amide bonds. The highest BCUT2D eigenvalue weighted by Gasteiger charge is 2.33. The average Bonchev–Trinajstić information content (AvgIpc) is 3.09. The Hall–Kier alpha value is -0.200. The lowest BCUT2D eigenvalue weighted by molar-refractivity contribution is 0.00791. The molecule has 1 N–H and O–H groups in total. The summed E-state index contributed by atoms with van der Waals surface area (Å²) < 4.78 is 6.11. The Morgan fingerprint density at radius 1 is 0.800 bits per heavy atom. The van der Waals surface area contributed by atoms with Crippen molar-refractivity contribution < 1.29 is 4.74 Å². The SMILES string of the molecule is C1CCC(N2CCN(CCCOC3CC4CCCCN4N3)CC2)CC1. The van der Waals surface area contributed by atoms with E-state index in [0.717, 1.165) is 18.7 Å². The maximum absolute atomic E-state index is 6.11. The fourth-order valence-electron chi connectivity index (χ4n) is 5.32. The van der Waals surface area contributed by atoms with Gasteiger partial charge in [-0.2, -0.15) is 0 Å². The minimum absolute atomic E-state index is 0.270. The molecule has 1 saturated carbocycles. The summed E-state index contributed by atoms with van der Waals surface area (Å²) >= 11 is 0. The first kappa shape index (κ1) is 18.2. The number of hydrazine groups is 1. The fourth-order valence-corrected chi connectivity index (χ4v) is 5.32. The van der Waals surface area contributed by atoms with E-state index in [9.17, 15) is 0 Å². The van der Waals surface area contributed by atoms with Crippen LogP contribution >= 0.6 is 0 Å². The normalized spacial score (nSPS) is 33.6. The number of ether oxygens (including phenoxy) is 1. The number of nitrogens with zero attached hydrogens (tertiary/aromatic N) is 3. The number of rotatable bonds is 6. The van der Waals surface area contributed by atoms with E-state index in [1.165, 1.54) is 103 Å². The van der Waals surface area contributed by atoms with Gasteiger partial charge in [-0.3, -0.25) is 4.90 Å². The van der Waals surface area contributed by atoms with Gasteiger partial charge in [0.25, 0.3) is 0 Å². The Bertz CT molecular complexity index is 379. The van der Waals surface area contributed by atoms with Crippen LogP contribution in [0.5, 0.6) is 0 Å². The largest absolute Gasteiger partial charge is 0.362 e. The smallest absolute Gasteiger partial charge is 0.122 e. The number of hydrogen-bond acceptors (Lipinski definition) is 5. The van der Waals surface area contributed by atoms with Crippen molar-refractivity contribution in [1.29, 1.82) is 0 Å². The van der Waals surface area contributed by atoms with Crippen molar-refractivity contribution in [3.8, 4) is 0 Å². The highest BCUT2D eigenvalue weighted by atomic mass is 16.5. The van der Waals surface area contributed by atoms with Gasteiger partial charge in [0.2, 0.25) is 0 Å². The van der Waals surface area contributed by atoms with Gasteiger partial charge in [-0.05, 0) is 32.1 Å². The van der Waals surface area contributed by atoms with E-state index in [4.69, 9.17) is 4.74 Å². The lowest BCUT2D eigenvalue weighted by Gasteiger charge is -2.40. The van der Waals surface area contributed by atoms with Crippen LogP contribution in [-0.4, -0.2) is 79.0 Å². The van der Waals surface area contributed by atoms with E-state index in [1.54, 1.807) is 0 Å². The Labute approximate surface area is 154 Å². The maximum atomic E-state index is 6.11. The van der Waals surface area contributed by atoms with Crippen molar-refractivity contribution in [2.45, 2.75) is 82.5 Å². The zero-order valence-electron chi connectivity index (χ0n) is 16.0. The van der Waals surface area contributed by atoms with Crippen LogP contribution in [0.4, 0.5) is 0 Å². The molecular formula is C20H38N4O. The fraction of sp³-hybridized carbons (Fsp3) is 1.00. The van der Waals surface area contributed by atoms with Gasteiger partial charge in [0.1, 0.15) is 6.23 Å². The molecule has 5 nitrogen and oxygen atoms in total. The highest BCUT2D eigenvalue weighted by molar-refractivity contribution is 4.83. The van der Waals surface area contributed by atoms with Crippen LogP contribution in [0.2, 0.25) is 0 Å². The second-order valence-electron chi connectivity index (χ2n) is 8.59. The van der Waals surface area contributed by atoms with Crippen molar-refractivity contribution in [1.82, 2.24) is 20.2 Å². The third-order valence-corrected chi connectivity index (χ3v) is 6.86. The van der Waals surface area contributed by atoms with Gasteiger partial charge >= 0.3 is 0 Å². The van der Waals surface area contributed by atoms with Gasteiger partial charge in [-0.15, -0.1) is 0 Å². The Morgan fingerprint density at radius 3 is 2.36 bits per heavy atom. The zero-order valence-corrected chi connectivity index (χ0v) is 16.0. The lowest BCUT2D eigenvalue weighted by atomic mass is 9.94. The predicted molar refractivity (Wildman–Crippen MR) is 101 cm³/mol. The minimum Gasteiger partial charge on any atom is -0.362 e. The summed E-state index contributed by atoms with van der Waals surface area (Å²) in [4.78, 5) is 5.42. The molecular weight excluding hydrogens is 312 g/mol. The number of fused-ring (bicyclic) bond motifs is 1. The molecule has 0 aromatic rings. The molecule has 144 valence electrons. The molecule has 4 aliphatic rings. The highest BCUT2D eigenvalue weighted by Crippen LogP contribution is 2.25. The number of piperidine rings is 1. The van der Waals surface area contributed by atoms with Gasteiger partial charge in [0.05, 0.1) is 0 Å². The van der Waals surface area contributed by atoms with Crippen LogP contribution in [0.3, 0.4) is 0 Å².